The van der Waals surface area contributed by atoms with E-state index in [-0.39, 0.29) is 5.92 Å². The van der Waals surface area contributed by atoms with Crippen LogP contribution < -0.4 is 0 Å². The second-order valence-corrected chi connectivity index (χ2v) is 4.76. The number of aliphatic hydroxyl groups excluding tert-OH is 1. The first-order valence-electron chi connectivity index (χ1n) is 5.07. The number of rotatable bonds is 1. The van der Waals surface area contributed by atoms with Gasteiger partial charge in [0.05, 0.1) is 0 Å². The fourth-order valence-corrected chi connectivity index (χ4v) is 2.49. The molecule has 2 heteroatoms. The predicted octanol–water partition coefficient (Wildman–Crippen LogP) is 4.01. The molecule has 1 aromatic rings. The molecule has 0 aromatic heterocycles. The van der Waals surface area contributed by atoms with E-state index in [1.54, 1.807) is 0 Å². The van der Waals surface area contributed by atoms with E-state index >= 15 is 0 Å². The molecule has 0 heterocycles. The summed E-state index contributed by atoms with van der Waals surface area (Å²) in [5.41, 5.74) is 1.23. The minimum atomic E-state index is 0.265. The molecule has 1 atom stereocenters. The Morgan fingerprint density at radius 2 is 2.14 bits per heavy atom. The number of hydrogen-bond acceptors (Lipinski definition) is 1. The van der Waals surface area contributed by atoms with Gasteiger partial charge in [0.25, 0.3) is 0 Å². The van der Waals surface area contributed by atoms with Crippen LogP contribution in [0.4, 0.5) is 0 Å². The molecule has 0 bridgehead atoms. The van der Waals surface area contributed by atoms with Gasteiger partial charge in [-0.2, -0.15) is 0 Å². The lowest BCUT2D eigenvalue weighted by molar-refractivity contribution is 0.214. The molecule has 1 aromatic carbocycles. The Bertz CT molecular complexity index is 311. The van der Waals surface area contributed by atoms with E-state index in [4.69, 9.17) is 0 Å². The van der Waals surface area contributed by atoms with E-state index in [0.29, 0.717) is 6.10 Å². The van der Waals surface area contributed by atoms with E-state index < -0.39 is 0 Å². The first-order valence-corrected chi connectivity index (χ1v) is 5.87. The smallest absolute Gasteiger partial charge is 0.101 e. The summed E-state index contributed by atoms with van der Waals surface area (Å²) in [4.78, 5) is 0. The average molecular weight is 254 g/mol. The van der Waals surface area contributed by atoms with Gasteiger partial charge in [-0.25, -0.2) is 0 Å². The van der Waals surface area contributed by atoms with Crippen molar-refractivity contribution in [2.24, 2.45) is 0 Å². The fraction of sp³-hybridized carbons (Fsp3) is 0.417. The van der Waals surface area contributed by atoms with Gasteiger partial charge in [-0.1, -0.05) is 40.9 Å². The molecule has 0 aliphatic heterocycles. The van der Waals surface area contributed by atoms with Gasteiger partial charge in [0.1, 0.15) is 6.10 Å². The van der Waals surface area contributed by atoms with Crippen molar-refractivity contribution < 1.29 is 5.11 Å². The molecule has 0 amide bonds. The first kappa shape index (κ1) is 10.2. The Morgan fingerprint density at radius 1 is 1.29 bits per heavy atom. The van der Waals surface area contributed by atoms with Crippen molar-refractivity contribution in [3.8, 4) is 0 Å². The zero-order valence-corrected chi connectivity index (χ0v) is 9.63. The largest absolute Gasteiger partial charge is 0.386 e. The molecule has 0 saturated heterocycles. The highest BCUT2D eigenvalue weighted by molar-refractivity contribution is 9.10. The van der Waals surface area contributed by atoms with Gasteiger partial charge in [-0.15, -0.1) is 0 Å². The van der Waals surface area contributed by atoms with Crippen LogP contribution in [0.1, 0.15) is 37.2 Å². The van der Waals surface area contributed by atoms with Crippen molar-refractivity contribution in [2.75, 3.05) is 0 Å². The molecule has 1 unspecified atom stereocenters. The van der Waals surface area contributed by atoms with Crippen molar-refractivity contribution in [3.05, 3.63) is 40.4 Å². The molecule has 1 nitrogen and oxygen atoms in total. The van der Waals surface area contributed by atoms with Gasteiger partial charge in [0, 0.05) is 10.4 Å². The summed E-state index contributed by atoms with van der Waals surface area (Å²) in [6, 6.07) is 8.24. The number of halogens is 1. The van der Waals surface area contributed by atoms with E-state index in [1.165, 1.54) is 12.0 Å². The van der Waals surface area contributed by atoms with Gasteiger partial charge in [-0.3, -0.25) is 0 Å². The van der Waals surface area contributed by atoms with Crippen LogP contribution in [0.15, 0.2) is 28.7 Å². The monoisotopic (exact) mass is 253 g/mol. The maximum absolute atomic E-state index is 9.81. The zero-order valence-electron chi connectivity index (χ0n) is 8.04. The third kappa shape index (κ3) is 2.18. The molecule has 1 aliphatic carbocycles. The molecule has 1 fully saturated rings. The summed E-state index contributed by atoms with van der Waals surface area (Å²) in [5, 5.41) is 9.81. The van der Waals surface area contributed by atoms with Crippen LogP contribution in [-0.4, -0.2) is 5.11 Å². The van der Waals surface area contributed by atoms with E-state index in [0.717, 1.165) is 23.7 Å². The van der Waals surface area contributed by atoms with Crippen molar-refractivity contribution in [3.63, 3.8) is 0 Å². The maximum Gasteiger partial charge on any atom is 0.101 e. The molecule has 1 saturated carbocycles. The summed E-state index contributed by atoms with van der Waals surface area (Å²) in [5.74, 6) is 0.265. The molecule has 2 rings (SSSR count). The Labute approximate surface area is 93.3 Å². The minimum Gasteiger partial charge on any atom is -0.386 e. The Morgan fingerprint density at radius 3 is 2.86 bits per heavy atom. The van der Waals surface area contributed by atoms with E-state index in [2.05, 4.69) is 28.1 Å². The molecule has 1 N–H and O–H groups in total. The van der Waals surface area contributed by atoms with Crippen LogP contribution >= 0.6 is 15.9 Å². The van der Waals surface area contributed by atoms with Gasteiger partial charge >= 0.3 is 0 Å². The molecule has 75 valence electrons. The Balaban J connectivity index is 2.20. The van der Waals surface area contributed by atoms with Crippen LogP contribution in [0.3, 0.4) is 0 Å². The Kier molecular flexibility index (Phi) is 3.24. The highest BCUT2D eigenvalue weighted by Crippen LogP contribution is 2.38. The molecule has 14 heavy (non-hydrogen) atoms. The fourth-order valence-electron chi connectivity index (χ4n) is 2.08. The topological polar surface area (TPSA) is 20.2 Å². The molecular weight excluding hydrogens is 240 g/mol. The van der Waals surface area contributed by atoms with Gasteiger partial charge in [0.2, 0.25) is 0 Å². The summed E-state index contributed by atoms with van der Waals surface area (Å²) in [6.07, 6.45) is 4.98. The van der Waals surface area contributed by atoms with Crippen molar-refractivity contribution in [1.29, 1.82) is 0 Å². The normalized spacial score (nSPS) is 23.7. The lowest BCUT2D eigenvalue weighted by atomic mass is 9.82. The summed E-state index contributed by atoms with van der Waals surface area (Å²) in [7, 11) is 0. The first-order chi connectivity index (χ1) is 6.77. The quantitative estimate of drug-likeness (QED) is 0.802. The van der Waals surface area contributed by atoms with Crippen LogP contribution in [0.5, 0.6) is 0 Å². The summed E-state index contributed by atoms with van der Waals surface area (Å²) in [6.45, 7) is 0. The second-order valence-electron chi connectivity index (χ2n) is 3.84. The molecule has 1 aliphatic rings. The van der Waals surface area contributed by atoms with Crippen molar-refractivity contribution in [2.45, 2.75) is 31.6 Å². The van der Waals surface area contributed by atoms with Crippen LogP contribution in [0.25, 0.3) is 0 Å². The number of aliphatic hydroxyl groups is 1. The highest BCUT2D eigenvalue weighted by Gasteiger charge is 2.25. The van der Waals surface area contributed by atoms with Crippen LogP contribution in [0.2, 0.25) is 0 Å². The van der Waals surface area contributed by atoms with Gasteiger partial charge in [0.15, 0.2) is 0 Å². The standard InChI is InChI=1S/C12H14BrO/c13-10-5-3-4-9(8-10)11-6-1-2-7-12(11)14/h3-5,8,11,14H,1-2,6-7H2. The number of benzene rings is 1. The summed E-state index contributed by atoms with van der Waals surface area (Å²) < 4.78 is 1.09. The predicted molar refractivity (Wildman–Crippen MR) is 60.5 cm³/mol. The minimum absolute atomic E-state index is 0.265. The third-order valence-corrected chi connectivity index (χ3v) is 3.32. The molecule has 1 radical (unpaired) electrons. The second kappa shape index (κ2) is 4.45. The lowest BCUT2D eigenvalue weighted by Gasteiger charge is -2.26. The zero-order chi connectivity index (χ0) is 9.97. The van der Waals surface area contributed by atoms with Crippen molar-refractivity contribution >= 4 is 15.9 Å². The van der Waals surface area contributed by atoms with E-state index in [1.807, 2.05) is 12.1 Å². The average Bonchev–Trinajstić information content (AvgIpc) is 2.18. The molecular formula is C12H14BrO. The van der Waals surface area contributed by atoms with Gasteiger partial charge < -0.3 is 5.11 Å². The van der Waals surface area contributed by atoms with Crippen molar-refractivity contribution in [1.82, 2.24) is 0 Å². The molecule has 0 spiro atoms. The third-order valence-electron chi connectivity index (χ3n) is 2.83. The highest BCUT2D eigenvalue weighted by atomic mass is 79.9. The van der Waals surface area contributed by atoms with Crippen LogP contribution in [0, 0.1) is 6.10 Å². The maximum atomic E-state index is 9.81. The van der Waals surface area contributed by atoms with Gasteiger partial charge in [-0.05, 0) is 30.5 Å². The Hall–Kier alpha value is -0.340. The van der Waals surface area contributed by atoms with Crippen LogP contribution in [-0.2, 0) is 0 Å². The SMILES string of the molecule is O[C]1CCCCC1c1cccc(Br)c1. The van der Waals surface area contributed by atoms with E-state index in [9.17, 15) is 5.11 Å². The summed E-state index contributed by atoms with van der Waals surface area (Å²) >= 11 is 3.46. The number of hydrogen-bond donors (Lipinski definition) is 1. The lowest BCUT2D eigenvalue weighted by Crippen LogP contribution is -2.15.